The number of esters is 1. The molecular weight excluding hydrogens is 298 g/mol. The lowest BCUT2D eigenvalue weighted by Gasteiger charge is -2.14. The lowest BCUT2D eigenvalue weighted by Crippen LogP contribution is -2.09. The predicted molar refractivity (Wildman–Crippen MR) is 98.6 cm³/mol. The van der Waals surface area contributed by atoms with Crippen molar-refractivity contribution in [3.8, 4) is 11.3 Å². The lowest BCUT2D eigenvalue weighted by atomic mass is 10.1. The maximum absolute atomic E-state index is 12.2. The molecule has 3 nitrogen and oxygen atoms in total. The van der Waals surface area contributed by atoms with Crippen molar-refractivity contribution in [3.63, 3.8) is 0 Å². The van der Waals surface area contributed by atoms with Gasteiger partial charge in [0.15, 0.2) is 0 Å². The second-order valence-corrected chi connectivity index (χ2v) is 5.72. The molecule has 0 spiro atoms. The maximum atomic E-state index is 12.2. The fourth-order valence-electron chi connectivity index (χ4n) is 2.89. The molecule has 0 radical (unpaired) electrons. The SMILES string of the molecule is CCOC(=O)/C(C)=C(/C)n1c(-c2ccccc2)cc2ccccc21. The predicted octanol–water partition coefficient (Wildman–Crippen LogP) is 5.12. The second kappa shape index (κ2) is 6.75. The van der Waals surface area contributed by atoms with Crippen LogP contribution in [0.5, 0.6) is 0 Å². The van der Waals surface area contributed by atoms with Gasteiger partial charge in [0.05, 0.1) is 23.4 Å². The third kappa shape index (κ3) is 2.85. The van der Waals surface area contributed by atoms with E-state index in [4.69, 9.17) is 4.74 Å². The van der Waals surface area contributed by atoms with Gasteiger partial charge in [0, 0.05) is 11.1 Å². The summed E-state index contributed by atoms with van der Waals surface area (Å²) in [5.41, 5.74) is 4.77. The number of nitrogens with zero attached hydrogens (tertiary/aromatic N) is 1. The van der Waals surface area contributed by atoms with Gasteiger partial charge in [-0.2, -0.15) is 0 Å². The molecule has 24 heavy (non-hydrogen) atoms. The average Bonchev–Trinajstić information content (AvgIpc) is 3.01. The smallest absolute Gasteiger partial charge is 0.335 e. The molecule has 1 heterocycles. The third-order valence-electron chi connectivity index (χ3n) is 4.24. The molecule has 3 aromatic rings. The monoisotopic (exact) mass is 319 g/mol. The highest BCUT2D eigenvalue weighted by Crippen LogP contribution is 2.32. The molecule has 3 rings (SSSR count). The van der Waals surface area contributed by atoms with Crippen LogP contribution in [0.15, 0.2) is 66.2 Å². The average molecular weight is 319 g/mol. The summed E-state index contributed by atoms with van der Waals surface area (Å²) in [4.78, 5) is 12.2. The Labute approximate surface area is 142 Å². The highest BCUT2D eigenvalue weighted by Gasteiger charge is 2.16. The van der Waals surface area contributed by atoms with Crippen molar-refractivity contribution in [2.24, 2.45) is 0 Å². The van der Waals surface area contributed by atoms with E-state index in [-0.39, 0.29) is 5.97 Å². The fraction of sp³-hybridized carbons (Fsp3) is 0.190. The molecule has 0 aliphatic rings. The van der Waals surface area contributed by atoms with Crippen LogP contribution in [0.2, 0.25) is 0 Å². The third-order valence-corrected chi connectivity index (χ3v) is 4.24. The molecule has 0 saturated heterocycles. The first-order chi connectivity index (χ1) is 11.6. The van der Waals surface area contributed by atoms with E-state index in [9.17, 15) is 4.79 Å². The highest BCUT2D eigenvalue weighted by molar-refractivity contribution is 5.97. The van der Waals surface area contributed by atoms with Crippen molar-refractivity contribution >= 4 is 22.6 Å². The van der Waals surface area contributed by atoms with E-state index in [0.29, 0.717) is 12.2 Å². The minimum Gasteiger partial charge on any atom is -0.463 e. The van der Waals surface area contributed by atoms with Crippen molar-refractivity contribution in [2.45, 2.75) is 20.8 Å². The van der Waals surface area contributed by atoms with Gasteiger partial charge in [-0.25, -0.2) is 4.79 Å². The van der Waals surface area contributed by atoms with Crippen molar-refractivity contribution in [3.05, 3.63) is 66.2 Å². The summed E-state index contributed by atoms with van der Waals surface area (Å²) in [6.45, 7) is 5.98. The number of allylic oxidation sites excluding steroid dienone is 1. The number of benzene rings is 2. The molecule has 1 aromatic heterocycles. The molecule has 0 bridgehead atoms. The van der Waals surface area contributed by atoms with Gasteiger partial charge in [-0.1, -0.05) is 48.5 Å². The summed E-state index contributed by atoms with van der Waals surface area (Å²) in [7, 11) is 0. The quantitative estimate of drug-likeness (QED) is 0.493. The van der Waals surface area contributed by atoms with E-state index in [1.807, 2.05) is 51.1 Å². The maximum Gasteiger partial charge on any atom is 0.335 e. The minimum atomic E-state index is -0.271. The first kappa shape index (κ1) is 16.1. The van der Waals surface area contributed by atoms with Crippen LogP contribution < -0.4 is 0 Å². The van der Waals surface area contributed by atoms with Crippen LogP contribution in [0, 0.1) is 0 Å². The van der Waals surface area contributed by atoms with E-state index in [1.54, 1.807) is 0 Å². The zero-order valence-corrected chi connectivity index (χ0v) is 14.2. The second-order valence-electron chi connectivity index (χ2n) is 5.72. The molecule has 3 heteroatoms. The molecule has 0 aliphatic carbocycles. The Balaban J connectivity index is 2.26. The first-order valence-corrected chi connectivity index (χ1v) is 8.14. The van der Waals surface area contributed by atoms with Gasteiger partial charge in [0.2, 0.25) is 0 Å². The summed E-state index contributed by atoms with van der Waals surface area (Å²) in [6.07, 6.45) is 0. The zero-order valence-electron chi connectivity index (χ0n) is 14.2. The summed E-state index contributed by atoms with van der Waals surface area (Å²) >= 11 is 0. The number of hydrogen-bond acceptors (Lipinski definition) is 2. The molecule has 0 atom stereocenters. The van der Waals surface area contributed by atoms with Crippen LogP contribution in [0.4, 0.5) is 0 Å². The van der Waals surface area contributed by atoms with Crippen LogP contribution in [0.25, 0.3) is 27.9 Å². The molecule has 0 amide bonds. The minimum absolute atomic E-state index is 0.271. The van der Waals surface area contributed by atoms with E-state index in [0.717, 1.165) is 27.9 Å². The molecule has 0 N–H and O–H groups in total. The molecule has 0 fully saturated rings. The topological polar surface area (TPSA) is 31.2 Å². The van der Waals surface area contributed by atoms with Gasteiger partial charge < -0.3 is 9.30 Å². The van der Waals surface area contributed by atoms with Crippen LogP contribution in [-0.2, 0) is 9.53 Å². The van der Waals surface area contributed by atoms with Crippen molar-refractivity contribution in [1.82, 2.24) is 4.57 Å². The molecule has 0 saturated carbocycles. The Kier molecular flexibility index (Phi) is 4.52. The molecule has 0 aliphatic heterocycles. The van der Waals surface area contributed by atoms with Gasteiger partial charge in [0.25, 0.3) is 0 Å². The highest BCUT2D eigenvalue weighted by atomic mass is 16.5. The Hall–Kier alpha value is -2.81. The Morgan fingerprint density at radius 1 is 1.00 bits per heavy atom. The van der Waals surface area contributed by atoms with E-state index in [1.165, 1.54) is 0 Å². The van der Waals surface area contributed by atoms with Crippen LogP contribution in [-0.4, -0.2) is 17.1 Å². The number of fused-ring (bicyclic) bond motifs is 1. The van der Waals surface area contributed by atoms with E-state index in [2.05, 4.69) is 34.9 Å². The van der Waals surface area contributed by atoms with E-state index < -0.39 is 0 Å². The Bertz CT molecular complexity index is 904. The molecule has 2 aromatic carbocycles. The number of aromatic nitrogens is 1. The summed E-state index contributed by atoms with van der Waals surface area (Å²) in [5.74, 6) is -0.271. The zero-order chi connectivity index (χ0) is 17.1. The summed E-state index contributed by atoms with van der Waals surface area (Å²) < 4.78 is 7.31. The van der Waals surface area contributed by atoms with Gasteiger partial charge in [0.1, 0.15) is 0 Å². The van der Waals surface area contributed by atoms with E-state index >= 15 is 0 Å². The number of carbonyl (C=O) groups excluding carboxylic acids is 1. The van der Waals surface area contributed by atoms with Crippen LogP contribution in [0.3, 0.4) is 0 Å². The summed E-state index contributed by atoms with van der Waals surface area (Å²) in [6, 6.07) is 20.6. The Morgan fingerprint density at radius 2 is 1.67 bits per heavy atom. The normalized spacial score (nSPS) is 12.1. The van der Waals surface area contributed by atoms with Crippen molar-refractivity contribution in [1.29, 1.82) is 0 Å². The van der Waals surface area contributed by atoms with Gasteiger partial charge >= 0.3 is 5.97 Å². The summed E-state index contributed by atoms with van der Waals surface area (Å²) in [5, 5.41) is 1.15. The Morgan fingerprint density at radius 3 is 2.38 bits per heavy atom. The lowest BCUT2D eigenvalue weighted by molar-refractivity contribution is -0.138. The van der Waals surface area contributed by atoms with Crippen molar-refractivity contribution < 1.29 is 9.53 Å². The number of rotatable bonds is 4. The first-order valence-electron chi connectivity index (χ1n) is 8.14. The molecule has 0 unspecified atom stereocenters. The molecule has 122 valence electrons. The molecular formula is C21H21NO2. The van der Waals surface area contributed by atoms with Crippen molar-refractivity contribution in [2.75, 3.05) is 6.61 Å². The number of ether oxygens (including phenoxy) is 1. The largest absolute Gasteiger partial charge is 0.463 e. The number of hydrogen-bond donors (Lipinski definition) is 0. The van der Waals surface area contributed by atoms with Crippen LogP contribution in [0.1, 0.15) is 20.8 Å². The van der Waals surface area contributed by atoms with Crippen LogP contribution >= 0.6 is 0 Å². The standard InChI is InChI=1S/C21H21NO2/c1-4-24-21(23)15(2)16(3)22-19-13-9-8-12-18(19)14-20(22)17-10-6-5-7-11-17/h5-14H,4H2,1-3H3/b16-15-. The van der Waals surface area contributed by atoms with Gasteiger partial charge in [-0.15, -0.1) is 0 Å². The number of carbonyl (C=O) groups is 1. The fourth-order valence-corrected chi connectivity index (χ4v) is 2.89. The van der Waals surface area contributed by atoms with Gasteiger partial charge in [-0.05, 0) is 38.5 Å². The number of para-hydroxylation sites is 1. The van der Waals surface area contributed by atoms with Gasteiger partial charge in [-0.3, -0.25) is 0 Å².